The number of hydrogen-bond donors (Lipinski definition) is 0. The molecule has 3 nitrogen and oxygen atoms in total. The molecule has 1 aromatic rings. The fourth-order valence-electron chi connectivity index (χ4n) is 1.35. The summed E-state index contributed by atoms with van der Waals surface area (Å²) in [5, 5.41) is -0.521. The largest absolute Gasteiger partial charge is 0.490 e. The molecule has 0 amide bonds. The van der Waals surface area contributed by atoms with Crippen LogP contribution in [0.1, 0.15) is 16.8 Å². The van der Waals surface area contributed by atoms with Crippen molar-refractivity contribution in [2.24, 2.45) is 0 Å². The Morgan fingerprint density at radius 1 is 1.29 bits per heavy atom. The number of halogens is 1. The Kier molecular flexibility index (Phi) is 2.59. The first-order valence-corrected chi connectivity index (χ1v) is 4.75. The van der Waals surface area contributed by atoms with Crippen molar-refractivity contribution in [3.63, 3.8) is 0 Å². The van der Waals surface area contributed by atoms with Crippen LogP contribution in [0.15, 0.2) is 18.2 Å². The normalized spacial score (nSPS) is 14.6. The Balaban J connectivity index is 2.47. The van der Waals surface area contributed by atoms with Crippen molar-refractivity contribution < 1.29 is 14.3 Å². The molecule has 0 unspecified atom stereocenters. The summed E-state index contributed by atoms with van der Waals surface area (Å²) in [4.78, 5) is 11.1. The van der Waals surface area contributed by atoms with Gasteiger partial charge in [0.25, 0.3) is 5.24 Å². The smallest absolute Gasteiger partial charge is 0.256 e. The van der Waals surface area contributed by atoms with Crippen LogP contribution in [0.3, 0.4) is 0 Å². The van der Waals surface area contributed by atoms with E-state index in [9.17, 15) is 4.79 Å². The second-order valence-corrected chi connectivity index (χ2v) is 3.30. The Labute approximate surface area is 86.6 Å². The molecule has 2 rings (SSSR count). The van der Waals surface area contributed by atoms with E-state index < -0.39 is 5.24 Å². The first-order chi connectivity index (χ1) is 6.79. The van der Waals surface area contributed by atoms with Crippen molar-refractivity contribution in [2.45, 2.75) is 6.42 Å². The predicted octanol–water partition coefficient (Wildman–Crippen LogP) is 2.23. The van der Waals surface area contributed by atoms with Crippen molar-refractivity contribution in [3.8, 4) is 11.5 Å². The molecule has 0 fully saturated rings. The van der Waals surface area contributed by atoms with Gasteiger partial charge in [0.05, 0.1) is 18.8 Å². The molecule has 0 saturated carbocycles. The van der Waals surface area contributed by atoms with E-state index in [4.69, 9.17) is 21.1 Å². The Morgan fingerprint density at radius 3 is 2.86 bits per heavy atom. The molecule has 0 atom stereocenters. The molecule has 4 heteroatoms. The minimum absolute atomic E-state index is 0.367. The lowest BCUT2D eigenvalue weighted by atomic mass is 10.2. The second kappa shape index (κ2) is 3.88. The van der Waals surface area contributed by atoms with E-state index in [0.717, 1.165) is 6.42 Å². The molecule has 0 spiro atoms. The maximum absolute atomic E-state index is 11.1. The van der Waals surface area contributed by atoms with Gasteiger partial charge in [-0.05, 0) is 23.7 Å². The van der Waals surface area contributed by atoms with Gasteiger partial charge < -0.3 is 9.47 Å². The first kappa shape index (κ1) is 9.34. The third-order valence-corrected chi connectivity index (χ3v) is 2.19. The number of ether oxygens (including phenoxy) is 2. The monoisotopic (exact) mass is 212 g/mol. The topological polar surface area (TPSA) is 35.5 Å². The maximum atomic E-state index is 11.1. The molecule has 0 aromatic heterocycles. The standard InChI is InChI=1S/C10H9ClO3/c11-10(12)7-3-1-4-8-9(7)14-6-2-5-13-8/h1,3-4H,2,5-6H2. The maximum Gasteiger partial charge on any atom is 0.256 e. The Bertz CT molecular complexity index is 362. The summed E-state index contributed by atoms with van der Waals surface area (Å²) in [7, 11) is 0. The van der Waals surface area contributed by atoms with E-state index in [-0.39, 0.29) is 0 Å². The van der Waals surface area contributed by atoms with Crippen LogP contribution in [-0.2, 0) is 0 Å². The van der Waals surface area contributed by atoms with Gasteiger partial charge in [0.1, 0.15) is 0 Å². The number of hydrogen-bond acceptors (Lipinski definition) is 3. The van der Waals surface area contributed by atoms with Crippen LogP contribution in [0.2, 0.25) is 0 Å². The SMILES string of the molecule is O=C(Cl)c1cccc2c1OCCCO2. The van der Waals surface area contributed by atoms with Crippen LogP contribution in [0.5, 0.6) is 11.5 Å². The fourth-order valence-corrected chi connectivity index (χ4v) is 1.50. The number of fused-ring (bicyclic) bond motifs is 1. The van der Waals surface area contributed by atoms with Gasteiger partial charge >= 0.3 is 0 Å². The van der Waals surface area contributed by atoms with Gasteiger partial charge in [0, 0.05) is 6.42 Å². The summed E-state index contributed by atoms with van der Waals surface area (Å²) in [6.07, 6.45) is 0.810. The summed E-state index contributed by atoms with van der Waals surface area (Å²) < 4.78 is 10.8. The van der Waals surface area contributed by atoms with Crippen molar-refractivity contribution in [1.82, 2.24) is 0 Å². The van der Waals surface area contributed by atoms with Gasteiger partial charge in [-0.2, -0.15) is 0 Å². The molecule has 14 heavy (non-hydrogen) atoms. The van der Waals surface area contributed by atoms with Crippen LogP contribution < -0.4 is 9.47 Å². The lowest BCUT2D eigenvalue weighted by Gasteiger charge is -2.08. The average molecular weight is 213 g/mol. The van der Waals surface area contributed by atoms with Crippen LogP contribution >= 0.6 is 11.6 Å². The Morgan fingerprint density at radius 2 is 2.07 bits per heavy atom. The summed E-state index contributed by atoms with van der Waals surface area (Å²) in [6.45, 7) is 1.15. The van der Waals surface area contributed by atoms with E-state index in [0.29, 0.717) is 30.3 Å². The van der Waals surface area contributed by atoms with Crippen molar-refractivity contribution in [2.75, 3.05) is 13.2 Å². The number of para-hydroxylation sites is 1. The zero-order valence-corrected chi connectivity index (χ0v) is 8.21. The van der Waals surface area contributed by atoms with E-state index >= 15 is 0 Å². The third-order valence-electron chi connectivity index (χ3n) is 1.98. The van der Waals surface area contributed by atoms with Gasteiger partial charge in [-0.1, -0.05) is 6.07 Å². The molecule has 0 N–H and O–H groups in total. The fraction of sp³-hybridized carbons (Fsp3) is 0.300. The highest BCUT2D eigenvalue weighted by Gasteiger charge is 2.17. The number of carbonyl (C=O) groups excluding carboxylic acids is 1. The molecule has 0 aliphatic carbocycles. The Hall–Kier alpha value is -1.22. The predicted molar refractivity (Wildman–Crippen MR) is 52.2 cm³/mol. The molecule has 1 heterocycles. The molecule has 1 aliphatic heterocycles. The van der Waals surface area contributed by atoms with E-state index in [1.54, 1.807) is 18.2 Å². The highest BCUT2D eigenvalue weighted by Crippen LogP contribution is 2.33. The van der Waals surface area contributed by atoms with E-state index in [1.807, 2.05) is 0 Å². The quantitative estimate of drug-likeness (QED) is 0.670. The summed E-state index contributed by atoms with van der Waals surface area (Å²) in [5.74, 6) is 1.05. The van der Waals surface area contributed by atoms with Gasteiger partial charge in [-0.25, -0.2) is 0 Å². The van der Waals surface area contributed by atoms with Crippen LogP contribution in [-0.4, -0.2) is 18.5 Å². The molecular weight excluding hydrogens is 204 g/mol. The molecule has 0 radical (unpaired) electrons. The van der Waals surface area contributed by atoms with Crippen molar-refractivity contribution in [1.29, 1.82) is 0 Å². The number of benzene rings is 1. The molecule has 0 saturated heterocycles. The van der Waals surface area contributed by atoms with E-state index in [2.05, 4.69) is 0 Å². The lowest BCUT2D eigenvalue weighted by molar-refractivity contribution is 0.107. The number of rotatable bonds is 1. The molecular formula is C10H9ClO3. The summed E-state index contributed by atoms with van der Waals surface area (Å²) >= 11 is 5.42. The van der Waals surface area contributed by atoms with Crippen molar-refractivity contribution >= 4 is 16.8 Å². The molecule has 1 aromatic carbocycles. The highest BCUT2D eigenvalue weighted by atomic mass is 35.5. The summed E-state index contributed by atoms with van der Waals surface area (Å²) in [6, 6.07) is 5.12. The highest BCUT2D eigenvalue weighted by molar-refractivity contribution is 6.68. The van der Waals surface area contributed by atoms with Crippen LogP contribution in [0, 0.1) is 0 Å². The summed E-state index contributed by atoms with van der Waals surface area (Å²) in [5.41, 5.74) is 0.367. The minimum Gasteiger partial charge on any atom is -0.490 e. The van der Waals surface area contributed by atoms with Gasteiger partial charge in [-0.3, -0.25) is 4.79 Å². The van der Waals surface area contributed by atoms with Crippen molar-refractivity contribution in [3.05, 3.63) is 23.8 Å². The average Bonchev–Trinajstić information content (AvgIpc) is 2.41. The zero-order chi connectivity index (χ0) is 9.97. The van der Waals surface area contributed by atoms with Gasteiger partial charge in [0.15, 0.2) is 11.5 Å². The molecule has 1 aliphatic rings. The second-order valence-electron chi connectivity index (χ2n) is 2.96. The van der Waals surface area contributed by atoms with Crippen LogP contribution in [0.25, 0.3) is 0 Å². The number of carbonyl (C=O) groups is 1. The third kappa shape index (κ3) is 1.68. The molecule has 0 bridgehead atoms. The molecule has 74 valence electrons. The van der Waals surface area contributed by atoms with Gasteiger partial charge in [0.2, 0.25) is 0 Å². The first-order valence-electron chi connectivity index (χ1n) is 4.37. The lowest BCUT2D eigenvalue weighted by Crippen LogP contribution is -1.99. The minimum atomic E-state index is -0.521. The van der Waals surface area contributed by atoms with Crippen LogP contribution in [0.4, 0.5) is 0 Å². The van der Waals surface area contributed by atoms with E-state index in [1.165, 1.54) is 0 Å². The van der Waals surface area contributed by atoms with Gasteiger partial charge in [-0.15, -0.1) is 0 Å². The zero-order valence-electron chi connectivity index (χ0n) is 7.46.